The van der Waals surface area contributed by atoms with Gasteiger partial charge in [0.2, 0.25) is 0 Å². The first-order valence-electron chi connectivity index (χ1n) is 4.58. The molecule has 0 bridgehead atoms. The Balaban J connectivity index is 4.19. The Hall–Kier alpha value is -1.83. The molecule has 0 spiro atoms. The largest absolute Gasteiger partial charge is 0.480 e. The fourth-order valence-corrected chi connectivity index (χ4v) is 0.662. The second-order valence-electron chi connectivity index (χ2n) is 3.33. The van der Waals surface area contributed by atoms with Gasteiger partial charge in [0.1, 0.15) is 6.04 Å². The van der Waals surface area contributed by atoms with E-state index in [9.17, 15) is 14.4 Å². The summed E-state index contributed by atoms with van der Waals surface area (Å²) in [6, 6.07) is -2.53. The number of carbonyl (C=O) groups excluding carboxylic acids is 2. The van der Waals surface area contributed by atoms with Crippen LogP contribution >= 0.6 is 0 Å². The normalized spacial score (nSPS) is 13.5. The molecule has 0 aromatic carbocycles. The molecule has 8 heteroatoms. The minimum atomic E-state index is -1.17. The molecule has 3 amide bonds. The lowest BCUT2D eigenvalue weighted by atomic mass is 10.3. The van der Waals surface area contributed by atoms with Crippen LogP contribution in [0.1, 0.15) is 13.8 Å². The number of nitrogens with one attached hydrogen (secondary N) is 2. The molecule has 16 heavy (non-hydrogen) atoms. The van der Waals surface area contributed by atoms with Crippen molar-refractivity contribution in [1.82, 2.24) is 15.8 Å². The number of urea groups is 1. The number of nitrogens with two attached hydrogens (primary N) is 1. The predicted molar refractivity (Wildman–Crippen MR) is 55.2 cm³/mol. The van der Waals surface area contributed by atoms with Crippen LogP contribution in [-0.4, -0.2) is 47.2 Å². The van der Waals surface area contributed by atoms with Crippen molar-refractivity contribution < 1.29 is 19.5 Å². The summed E-state index contributed by atoms with van der Waals surface area (Å²) >= 11 is 0. The lowest BCUT2D eigenvalue weighted by Gasteiger charge is -2.21. The molecule has 0 radical (unpaired) electrons. The van der Waals surface area contributed by atoms with E-state index >= 15 is 0 Å². The molecule has 0 rings (SSSR count). The van der Waals surface area contributed by atoms with E-state index in [-0.39, 0.29) is 0 Å². The smallest absolute Gasteiger partial charge is 0.336 e. The van der Waals surface area contributed by atoms with Gasteiger partial charge in [0.25, 0.3) is 5.91 Å². The minimum absolute atomic E-state index is 0.541. The molecule has 92 valence electrons. The second-order valence-corrected chi connectivity index (χ2v) is 3.33. The molecule has 0 aliphatic rings. The van der Waals surface area contributed by atoms with E-state index in [1.807, 2.05) is 0 Å². The van der Waals surface area contributed by atoms with Gasteiger partial charge in [0.05, 0.1) is 6.04 Å². The van der Waals surface area contributed by atoms with Crippen LogP contribution in [0.3, 0.4) is 0 Å². The van der Waals surface area contributed by atoms with Gasteiger partial charge < -0.3 is 16.2 Å². The number of carbonyl (C=O) groups is 3. The Morgan fingerprint density at radius 2 is 1.81 bits per heavy atom. The van der Waals surface area contributed by atoms with Gasteiger partial charge in [-0.1, -0.05) is 0 Å². The third-order valence-electron chi connectivity index (χ3n) is 1.71. The van der Waals surface area contributed by atoms with Crippen molar-refractivity contribution in [3.05, 3.63) is 0 Å². The van der Waals surface area contributed by atoms with Crippen LogP contribution in [0.2, 0.25) is 0 Å². The van der Waals surface area contributed by atoms with Gasteiger partial charge in [0.15, 0.2) is 0 Å². The highest BCUT2D eigenvalue weighted by Crippen LogP contribution is 1.86. The number of rotatable bonds is 3. The molecule has 8 nitrogen and oxygen atoms in total. The van der Waals surface area contributed by atoms with Gasteiger partial charge >= 0.3 is 12.0 Å². The van der Waals surface area contributed by atoms with Crippen molar-refractivity contribution in [2.45, 2.75) is 25.9 Å². The minimum Gasteiger partial charge on any atom is -0.480 e. The van der Waals surface area contributed by atoms with Crippen LogP contribution in [0.15, 0.2) is 0 Å². The van der Waals surface area contributed by atoms with Gasteiger partial charge in [-0.2, -0.15) is 0 Å². The monoisotopic (exact) mass is 232 g/mol. The van der Waals surface area contributed by atoms with Crippen molar-refractivity contribution in [2.75, 3.05) is 7.05 Å². The van der Waals surface area contributed by atoms with Crippen molar-refractivity contribution in [2.24, 2.45) is 5.73 Å². The first-order chi connectivity index (χ1) is 7.25. The first-order valence-corrected chi connectivity index (χ1v) is 4.58. The van der Waals surface area contributed by atoms with Gasteiger partial charge in [0, 0.05) is 7.05 Å². The Labute approximate surface area is 92.7 Å². The summed E-state index contributed by atoms with van der Waals surface area (Å²) < 4.78 is 0. The van der Waals surface area contributed by atoms with E-state index in [1.54, 1.807) is 0 Å². The van der Waals surface area contributed by atoms with Crippen molar-refractivity contribution in [3.8, 4) is 0 Å². The van der Waals surface area contributed by atoms with E-state index in [0.717, 1.165) is 5.01 Å². The van der Waals surface area contributed by atoms with E-state index in [4.69, 9.17) is 10.8 Å². The molecular formula is C8H16N4O4. The number of amides is 3. The van der Waals surface area contributed by atoms with Gasteiger partial charge in [-0.25, -0.2) is 9.80 Å². The first kappa shape index (κ1) is 14.2. The summed E-state index contributed by atoms with van der Waals surface area (Å²) in [5, 5.41) is 11.5. The Morgan fingerprint density at radius 3 is 2.19 bits per heavy atom. The van der Waals surface area contributed by atoms with Crippen LogP contribution in [-0.2, 0) is 9.59 Å². The van der Waals surface area contributed by atoms with E-state index < -0.39 is 30.0 Å². The highest BCUT2D eigenvalue weighted by molar-refractivity contribution is 5.86. The lowest BCUT2D eigenvalue weighted by molar-refractivity contribution is -0.138. The maximum absolute atomic E-state index is 11.3. The summed E-state index contributed by atoms with van der Waals surface area (Å²) in [6.45, 7) is 2.77. The number of aliphatic carboxylic acids is 1. The molecule has 5 N–H and O–H groups in total. The number of nitrogens with zero attached hydrogens (tertiary/aromatic N) is 1. The van der Waals surface area contributed by atoms with E-state index in [0.29, 0.717) is 0 Å². The van der Waals surface area contributed by atoms with Crippen LogP contribution < -0.4 is 16.5 Å². The molecular weight excluding hydrogens is 216 g/mol. The highest BCUT2D eigenvalue weighted by atomic mass is 16.4. The molecule has 0 aromatic heterocycles. The van der Waals surface area contributed by atoms with E-state index in [2.05, 4.69) is 10.7 Å². The second kappa shape index (κ2) is 5.91. The zero-order chi connectivity index (χ0) is 12.9. The Bertz CT molecular complexity index is 292. The molecule has 2 atom stereocenters. The predicted octanol–water partition coefficient (Wildman–Crippen LogP) is -1.52. The van der Waals surface area contributed by atoms with Crippen LogP contribution in [0.25, 0.3) is 0 Å². The summed E-state index contributed by atoms with van der Waals surface area (Å²) in [6.07, 6.45) is 0. The number of hydrogen-bond acceptors (Lipinski definition) is 4. The average Bonchev–Trinajstić information content (AvgIpc) is 2.16. The van der Waals surface area contributed by atoms with Crippen molar-refractivity contribution >= 4 is 17.9 Å². The summed E-state index contributed by atoms with van der Waals surface area (Å²) in [5.41, 5.74) is 7.46. The van der Waals surface area contributed by atoms with Crippen LogP contribution in [0.5, 0.6) is 0 Å². The maximum Gasteiger partial charge on any atom is 0.336 e. The van der Waals surface area contributed by atoms with Crippen molar-refractivity contribution in [3.63, 3.8) is 0 Å². The molecule has 0 saturated heterocycles. The summed E-state index contributed by atoms with van der Waals surface area (Å²) in [4.78, 5) is 32.9. The molecule has 0 fully saturated rings. The molecule has 0 heterocycles. The number of carboxylic acid groups (broad SMARTS) is 1. The molecule has 0 aliphatic heterocycles. The molecule has 0 saturated carbocycles. The Morgan fingerprint density at radius 1 is 1.31 bits per heavy atom. The van der Waals surface area contributed by atoms with Crippen molar-refractivity contribution in [1.29, 1.82) is 0 Å². The highest BCUT2D eigenvalue weighted by Gasteiger charge is 2.18. The van der Waals surface area contributed by atoms with Gasteiger partial charge in [-0.15, -0.1) is 0 Å². The van der Waals surface area contributed by atoms with E-state index in [1.165, 1.54) is 20.9 Å². The number of hydrogen-bond donors (Lipinski definition) is 4. The van der Waals surface area contributed by atoms with Crippen LogP contribution in [0.4, 0.5) is 4.79 Å². The van der Waals surface area contributed by atoms with Crippen LogP contribution in [0, 0.1) is 0 Å². The summed E-state index contributed by atoms with van der Waals surface area (Å²) in [5.74, 6) is -1.71. The lowest BCUT2D eigenvalue weighted by Crippen LogP contribution is -2.54. The number of carboxylic acids is 1. The molecule has 2 unspecified atom stereocenters. The standard InChI is InChI=1S/C8H16N4O4/c1-4(9)6(13)11-12(3)8(16)10-5(2)7(14)15/h4-5H,9H2,1-3H3,(H,10,16)(H,11,13)(H,14,15). The fraction of sp³-hybridized carbons (Fsp3) is 0.625. The third kappa shape index (κ3) is 4.60. The van der Waals surface area contributed by atoms with Gasteiger partial charge in [-0.3, -0.25) is 15.0 Å². The topological polar surface area (TPSA) is 125 Å². The zero-order valence-electron chi connectivity index (χ0n) is 9.35. The Kier molecular flexibility index (Phi) is 5.23. The average molecular weight is 232 g/mol. The molecule has 0 aromatic rings. The third-order valence-corrected chi connectivity index (χ3v) is 1.71. The SMILES string of the molecule is CC(N)C(=O)NN(C)C(=O)NC(C)C(=O)O. The van der Waals surface area contributed by atoms with Gasteiger partial charge in [-0.05, 0) is 13.8 Å². The fourth-order valence-electron chi connectivity index (χ4n) is 0.662. The molecule has 0 aliphatic carbocycles. The maximum atomic E-state index is 11.3. The quantitative estimate of drug-likeness (QED) is 0.440. The number of hydrazine groups is 1. The summed E-state index contributed by atoms with van der Waals surface area (Å²) in [7, 11) is 1.28. The zero-order valence-corrected chi connectivity index (χ0v) is 9.35.